The number of hydrogen-bond acceptors (Lipinski definition) is 5. The summed E-state index contributed by atoms with van der Waals surface area (Å²) in [5.41, 5.74) is 6.34. The van der Waals surface area contributed by atoms with Gasteiger partial charge >= 0.3 is 0 Å². The monoisotopic (exact) mass is 329 g/mol. The largest absolute Gasteiger partial charge is 0.399 e. The highest BCUT2D eigenvalue weighted by Gasteiger charge is 2.25. The van der Waals surface area contributed by atoms with Gasteiger partial charge in [0.2, 0.25) is 15.9 Å². The van der Waals surface area contributed by atoms with Crippen LogP contribution in [-0.4, -0.2) is 49.8 Å². The highest BCUT2D eigenvalue weighted by molar-refractivity contribution is 8.00. The Morgan fingerprint density at radius 1 is 1.38 bits per heavy atom. The first-order valence-corrected chi connectivity index (χ1v) is 9.30. The molecule has 116 valence electrons. The Morgan fingerprint density at radius 2 is 2.19 bits per heavy atom. The van der Waals surface area contributed by atoms with Gasteiger partial charge in [0.05, 0.1) is 12.3 Å². The standard InChI is InChI=1S/C13H19N3O3S2/c14-11-3-1-4-12(9-11)20-7-8-21(18,19)16-6-2-5-15-13(17)10-16/h1,3-4,9H,2,5-8,10,14H2,(H,15,17). The number of sulfonamides is 1. The lowest BCUT2D eigenvalue weighted by Gasteiger charge is -2.18. The van der Waals surface area contributed by atoms with Crippen molar-refractivity contribution in [3.63, 3.8) is 0 Å². The number of nitrogen functional groups attached to an aromatic ring is 1. The summed E-state index contributed by atoms with van der Waals surface area (Å²) in [6.07, 6.45) is 0.646. The molecule has 1 aromatic rings. The summed E-state index contributed by atoms with van der Waals surface area (Å²) in [6.45, 7) is 0.845. The molecule has 21 heavy (non-hydrogen) atoms. The Morgan fingerprint density at radius 3 is 2.95 bits per heavy atom. The fourth-order valence-electron chi connectivity index (χ4n) is 2.01. The van der Waals surface area contributed by atoms with Crippen molar-refractivity contribution in [1.82, 2.24) is 9.62 Å². The van der Waals surface area contributed by atoms with E-state index >= 15 is 0 Å². The topological polar surface area (TPSA) is 92.5 Å². The molecule has 1 saturated heterocycles. The van der Waals surface area contributed by atoms with Crippen LogP contribution in [0.25, 0.3) is 0 Å². The summed E-state index contributed by atoms with van der Waals surface area (Å²) in [6, 6.07) is 7.34. The van der Waals surface area contributed by atoms with Crippen molar-refractivity contribution in [2.24, 2.45) is 0 Å². The number of nitrogens with zero attached hydrogens (tertiary/aromatic N) is 1. The molecule has 0 radical (unpaired) electrons. The maximum absolute atomic E-state index is 12.2. The van der Waals surface area contributed by atoms with Gasteiger partial charge in [-0.2, -0.15) is 4.31 Å². The van der Waals surface area contributed by atoms with Crippen molar-refractivity contribution in [3.8, 4) is 0 Å². The first-order chi connectivity index (χ1) is 9.97. The smallest absolute Gasteiger partial charge is 0.235 e. The van der Waals surface area contributed by atoms with E-state index in [1.807, 2.05) is 18.2 Å². The summed E-state index contributed by atoms with van der Waals surface area (Å²) in [4.78, 5) is 12.4. The van der Waals surface area contributed by atoms with Crippen LogP contribution in [0.15, 0.2) is 29.2 Å². The second-order valence-electron chi connectivity index (χ2n) is 4.77. The predicted octanol–water partition coefficient (Wildman–Crippen LogP) is 0.513. The Labute approximate surface area is 129 Å². The molecule has 0 aromatic heterocycles. The summed E-state index contributed by atoms with van der Waals surface area (Å²) in [7, 11) is -3.40. The van der Waals surface area contributed by atoms with Crippen LogP contribution in [0.3, 0.4) is 0 Å². The van der Waals surface area contributed by atoms with Gasteiger partial charge in [0.15, 0.2) is 0 Å². The Hall–Kier alpha value is -1.25. The van der Waals surface area contributed by atoms with Crippen molar-refractivity contribution >= 4 is 33.4 Å². The van der Waals surface area contributed by atoms with E-state index in [1.54, 1.807) is 6.07 Å². The lowest BCUT2D eigenvalue weighted by molar-refractivity contribution is -0.120. The summed E-state index contributed by atoms with van der Waals surface area (Å²) in [5, 5.41) is 2.67. The minimum absolute atomic E-state index is 0.0136. The van der Waals surface area contributed by atoms with E-state index in [9.17, 15) is 13.2 Å². The Kier molecular flexibility index (Phi) is 5.49. The Bertz CT molecular complexity index is 604. The first kappa shape index (κ1) is 16.1. The molecular formula is C13H19N3O3S2. The fraction of sp³-hybridized carbons (Fsp3) is 0.462. The summed E-state index contributed by atoms with van der Waals surface area (Å²) in [5.74, 6) is 0.212. The molecule has 0 saturated carbocycles. The maximum Gasteiger partial charge on any atom is 0.235 e. The first-order valence-electron chi connectivity index (χ1n) is 6.70. The van der Waals surface area contributed by atoms with Gasteiger partial charge in [0.1, 0.15) is 0 Å². The molecule has 1 fully saturated rings. The molecule has 1 aliphatic rings. The van der Waals surface area contributed by atoms with Crippen molar-refractivity contribution in [2.45, 2.75) is 11.3 Å². The zero-order valence-corrected chi connectivity index (χ0v) is 13.3. The van der Waals surface area contributed by atoms with Crippen molar-refractivity contribution < 1.29 is 13.2 Å². The molecular weight excluding hydrogens is 310 g/mol. The zero-order chi connectivity index (χ0) is 15.3. The minimum Gasteiger partial charge on any atom is -0.399 e. The number of benzene rings is 1. The second-order valence-corrected chi connectivity index (χ2v) is 8.03. The molecule has 0 bridgehead atoms. The average molecular weight is 329 g/mol. The number of hydrogen-bond donors (Lipinski definition) is 2. The summed E-state index contributed by atoms with van der Waals surface area (Å²) < 4.78 is 25.8. The van der Waals surface area contributed by atoms with Crippen LogP contribution in [0, 0.1) is 0 Å². The van der Waals surface area contributed by atoms with Crippen LogP contribution in [-0.2, 0) is 14.8 Å². The van der Waals surface area contributed by atoms with E-state index in [0.717, 1.165) is 4.90 Å². The van der Waals surface area contributed by atoms with Gasteiger partial charge in [-0.3, -0.25) is 4.79 Å². The van der Waals surface area contributed by atoms with Crippen molar-refractivity contribution in [3.05, 3.63) is 24.3 Å². The van der Waals surface area contributed by atoms with Crippen molar-refractivity contribution in [2.75, 3.05) is 36.9 Å². The maximum atomic E-state index is 12.2. The molecule has 1 aromatic carbocycles. The van der Waals surface area contributed by atoms with Crippen LogP contribution >= 0.6 is 11.8 Å². The molecule has 1 amide bonds. The molecule has 0 aliphatic carbocycles. The van der Waals surface area contributed by atoms with Gasteiger partial charge in [-0.25, -0.2) is 8.42 Å². The third-order valence-electron chi connectivity index (χ3n) is 3.09. The average Bonchev–Trinajstić information content (AvgIpc) is 2.64. The molecule has 1 aliphatic heterocycles. The van der Waals surface area contributed by atoms with Gasteiger partial charge in [-0.15, -0.1) is 11.8 Å². The van der Waals surface area contributed by atoms with Gasteiger partial charge in [-0.1, -0.05) is 6.07 Å². The lowest BCUT2D eigenvalue weighted by atomic mass is 10.3. The molecule has 2 rings (SSSR count). The van der Waals surface area contributed by atoms with E-state index in [1.165, 1.54) is 16.1 Å². The molecule has 6 nitrogen and oxygen atoms in total. The normalized spacial score (nSPS) is 17.2. The number of anilines is 1. The van der Waals surface area contributed by atoms with Crippen LogP contribution in [0.1, 0.15) is 6.42 Å². The fourth-order valence-corrected chi connectivity index (χ4v) is 4.80. The number of amides is 1. The van der Waals surface area contributed by atoms with E-state index in [2.05, 4.69) is 5.32 Å². The van der Waals surface area contributed by atoms with Crippen LogP contribution in [0.5, 0.6) is 0 Å². The van der Waals surface area contributed by atoms with E-state index in [-0.39, 0.29) is 18.2 Å². The third-order valence-corrected chi connectivity index (χ3v) is 6.16. The van der Waals surface area contributed by atoms with E-state index in [4.69, 9.17) is 5.73 Å². The number of nitrogens with one attached hydrogen (secondary N) is 1. The second kappa shape index (κ2) is 7.15. The lowest BCUT2D eigenvalue weighted by Crippen LogP contribution is -2.39. The van der Waals surface area contributed by atoms with Crippen LogP contribution in [0.2, 0.25) is 0 Å². The summed E-state index contributed by atoms with van der Waals surface area (Å²) >= 11 is 1.45. The minimum atomic E-state index is -3.40. The van der Waals surface area contributed by atoms with Gasteiger partial charge in [0, 0.05) is 29.4 Å². The van der Waals surface area contributed by atoms with E-state index < -0.39 is 10.0 Å². The van der Waals surface area contributed by atoms with E-state index in [0.29, 0.717) is 31.0 Å². The van der Waals surface area contributed by atoms with Crippen molar-refractivity contribution in [1.29, 1.82) is 0 Å². The Balaban J connectivity index is 1.90. The molecule has 0 spiro atoms. The van der Waals surface area contributed by atoms with Gasteiger partial charge in [0.25, 0.3) is 0 Å². The number of carbonyl (C=O) groups excluding carboxylic acids is 1. The molecule has 0 unspecified atom stereocenters. The predicted molar refractivity (Wildman–Crippen MR) is 84.6 cm³/mol. The molecule has 1 heterocycles. The highest BCUT2D eigenvalue weighted by atomic mass is 32.2. The molecule has 8 heteroatoms. The molecule has 0 atom stereocenters. The van der Waals surface area contributed by atoms with Crippen LogP contribution < -0.4 is 11.1 Å². The number of thioether (sulfide) groups is 1. The van der Waals surface area contributed by atoms with Gasteiger partial charge in [-0.05, 0) is 24.6 Å². The SMILES string of the molecule is Nc1cccc(SCCS(=O)(=O)N2CCCNC(=O)C2)c1. The quantitative estimate of drug-likeness (QED) is 0.607. The number of rotatable bonds is 5. The molecule has 3 N–H and O–H groups in total. The van der Waals surface area contributed by atoms with Crippen LogP contribution in [0.4, 0.5) is 5.69 Å². The third kappa shape index (κ3) is 4.90. The number of nitrogens with two attached hydrogens (primary N) is 1. The number of carbonyl (C=O) groups is 1. The van der Waals surface area contributed by atoms with Gasteiger partial charge < -0.3 is 11.1 Å². The zero-order valence-electron chi connectivity index (χ0n) is 11.6. The highest BCUT2D eigenvalue weighted by Crippen LogP contribution is 2.20.